The van der Waals surface area contributed by atoms with Gasteiger partial charge >= 0.3 is 5.97 Å². The average Bonchev–Trinajstić information content (AvgIpc) is 3.19. The molecule has 0 N–H and O–H groups in total. The zero-order chi connectivity index (χ0) is 15.6. The number of aliphatic imine (C=N–C) groups is 1. The van der Waals surface area contributed by atoms with Gasteiger partial charge in [0.1, 0.15) is 6.61 Å². The predicted octanol–water partition coefficient (Wildman–Crippen LogP) is 3.79. The molecule has 0 fully saturated rings. The highest BCUT2D eigenvalue weighted by Crippen LogP contribution is 2.34. The van der Waals surface area contributed by atoms with Crippen LogP contribution in [0.15, 0.2) is 59.6 Å². The van der Waals surface area contributed by atoms with Crippen LogP contribution in [0.2, 0.25) is 0 Å². The number of carbonyl (C=O) groups excluding carboxylic acids is 1. The second-order valence-electron chi connectivity index (χ2n) is 5.42. The minimum atomic E-state index is -0.776. The van der Waals surface area contributed by atoms with E-state index in [0.29, 0.717) is 6.42 Å². The molecule has 0 aliphatic carbocycles. The summed E-state index contributed by atoms with van der Waals surface area (Å²) in [6.07, 6.45) is 0.573. The van der Waals surface area contributed by atoms with Crippen molar-refractivity contribution in [3.8, 4) is 0 Å². The molecule has 0 spiro atoms. The fraction of sp³-hybridized carbons (Fsp3) is 0.222. The summed E-state index contributed by atoms with van der Waals surface area (Å²) in [5.74, 6) is -0.257. The molecule has 1 aliphatic heterocycles. The van der Waals surface area contributed by atoms with E-state index in [1.54, 1.807) is 0 Å². The second-order valence-corrected chi connectivity index (χ2v) is 6.67. The SMILES string of the molecule is CC1=NC1(Cc1ccc(I)cc1)C(=O)OCc1ccccc1. The van der Waals surface area contributed by atoms with Crippen molar-refractivity contribution in [1.29, 1.82) is 0 Å². The molecule has 1 aliphatic rings. The van der Waals surface area contributed by atoms with Crippen molar-refractivity contribution in [1.82, 2.24) is 0 Å². The lowest BCUT2D eigenvalue weighted by Gasteiger charge is -2.14. The van der Waals surface area contributed by atoms with E-state index < -0.39 is 5.54 Å². The standard InChI is InChI=1S/C18H16INO2/c1-13-18(20-13,11-14-7-9-16(19)10-8-14)17(21)22-12-15-5-3-2-4-6-15/h2-10H,11-12H2,1H3. The van der Waals surface area contributed by atoms with Crippen molar-refractivity contribution >= 4 is 34.3 Å². The molecule has 1 unspecified atom stereocenters. The minimum absolute atomic E-state index is 0.257. The molecular formula is C18H16INO2. The summed E-state index contributed by atoms with van der Waals surface area (Å²) in [7, 11) is 0. The zero-order valence-electron chi connectivity index (χ0n) is 12.3. The third-order valence-electron chi connectivity index (χ3n) is 3.83. The number of hydrogen-bond donors (Lipinski definition) is 0. The molecule has 3 nitrogen and oxygen atoms in total. The summed E-state index contributed by atoms with van der Waals surface area (Å²) in [6, 6.07) is 17.8. The van der Waals surface area contributed by atoms with Crippen LogP contribution in [0.4, 0.5) is 0 Å². The molecule has 0 bridgehead atoms. The molecule has 2 aromatic carbocycles. The fourth-order valence-corrected chi connectivity index (χ4v) is 2.79. The minimum Gasteiger partial charge on any atom is -0.459 e. The Morgan fingerprint density at radius 2 is 1.73 bits per heavy atom. The van der Waals surface area contributed by atoms with Crippen LogP contribution in [-0.2, 0) is 22.6 Å². The van der Waals surface area contributed by atoms with Crippen LogP contribution < -0.4 is 0 Å². The Morgan fingerprint density at radius 3 is 2.32 bits per heavy atom. The monoisotopic (exact) mass is 405 g/mol. The topological polar surface area (TPSA) is 38.7 Å². The van der Waals surface area contributed by atoms with E-state index in [4.69, 9.17) is 4.74 Å². The van der Waals surface area contributed by atoms with Gasteiger partial charge in [-0.15, -0.1) is 0 Å². The maximum atomic E-state index is 12.4. The van der Waals surface area contributed by atoms with Crippen molar-refractivity contribution in [2.75, 3.05) is 0 Å². The van der Waals surface area contributed by atoms with E-state index in [9.17, 15) is 4.79 Å². The van der Waals surface area contributed by atoms with Crippen molar-refractivity contribution in [3.05, 3.63) is 69.3 Å². The van der Waals surface area contributed by atoms with Gasteiger partial charge in [0.25, 0.3) is 0 Å². The van der Waals surface area contributed by atoms with Crippen molar-refractivity contribution in [2.24, 2.45) is 4.99 Å². The van der Waals surface area contributed by atoms with E-state index in [1.807, 2.05) is 61.5 Å². The number of halogens is 1. The molecule has 0 radical (unpaired) electrons. The Labute approximate surface area is 143 Å². The highest BCUT2D eigenvalue weighted by Gasteiger charge is 2.52. The number of nitrogens with zero attached hydrogens (tertiary/aromatic N) is 1. The first-order chi connectivity index (χ1) is 10.6. The maximum absolute atomic E-state index is 12.4. The van der Waals surface area contributed by atoms with E-state index in [-0.39, 0.29) is 12.6 Å². The first-order valence-corrected chi connectivity index (χ1v) is 8.20. The van der Waals surface area contributed by atoms with Crippen LogP contribution in [0.5, 0.6) is 0 Å². The van der Waals surface area contributed by atoms with Gasteiger partial charge in [0.2, 0.25) is 0 Å². The molecule has 22 heavy (non-hydrogen) atoms. The number of benzene rings is 2. The summed E-state index contributed by atoms with van der Waals surface area (Å²) in [5.41, 5.74) is 2.15. The molecule has 2 aromatic rings. The van der Waals surface area contributed by atoms with Crippen molar-refractivity contribution in [3.63, 3.8) is 0 Å². The molecule has 3 rings (SSSR count). The summed E-state index contributed by atoms with van der Waals surface area (Å²) >= 11 is 2.27. The van der Waals surface area contributed by atoms with Gasteiger partial charge in [-0.2, -0.15) is 0 Å². The first kappa shape index (κ1) is 15.2. The largest absolute Gasteiger partial charge is 0.459 e. The van der Waals surface area contributed by atoms with Crippen LogP contribution in [0, 0.1) is 3.57 Å². The van der Waals surface area contributed by atoms with Crippen LogP contribution in [-0.4, -0.2) is 17.2 Å². The van der Waals surface area contributed by atoms with E-state index in [0.717, 1.165) is 16.8 Å². The van der Waals surface area contributed by atoms with E-state index >= 15 is 0 Å². The van der Waals surface area contributed by atoms with Gasteiger partial charge in [0.05, 0.1) is 5.71 Å². The smallest absolute Gasteiger partial charge is 0.340 e. The summed E-state index contributed by atoms with van der Waals surface area (Å²) in [6.45, 7) is 2.17. The molecule has 0 aromatic heterocycles. The lowest BCUT2D eigenvalue weighted by Crippen LogP contribution is -2.34. The molecule has 0 saturated carbocycles. The Kier molecular flexibility index (Phi) is 4.29. The maximum Gasteiger partial charge on any atom is 0.340 e. The van der Waals surface area contributed by atoms with Gasteiger partial charge in [-0.1, -0.05) is 42.5 Å². The Bertz CT molecular complexity index is 710. The van der Waals surface area contributed by atoms with Crippen LogP contribution in [0.3, 0.4) is 0 Å². The van der Waals surface area contributed by atoms with E-state index in [1.165, 1.54) is 3.57 Å². The molecular weight excluding hydrogens is 389 g/mol. The van der Waals surface area contributed by atoms with Gasteiger partial charge in [-0.3, -0.25) is 4.99 Å². The molecule has 4 heteroatoms. The summed E-state index contributed by atoms with van der Waals surface area (Å²) < 4.78 is 6.64. The van der Waals surface area contributed by atoms with E-state index in [2.05, 4.69) is 27.6 Å². The zero-order valence-corrected chi connectivity index (χ0v) is 14.4. The lowest BCUT2D eigenvalue weighted by atomic mass is 9.95. The third-order valence-corrected chi connectivity index (χ3v) is 4.55. The third kappa shape index (κ3) is 3.21. The molecule has 1 atom stereocenters. The summed E-state index contributed by atoms with van der Waals surface area (Å²) in [5, 5.41) is 0. The molecule has 1 heterocycles. The van der Waals surface area contributed by atoms with Gasteiger partial charge in [0, 0.05) is 9.99 Å². The van der Waals surface area contributed by atoms with Crippen LogP contribution >= 0.6 is 22.6 Å². The quantitative estimate of drug-likeness (QED) is 0.561. The van der Waals surface area contributed by atoms with Gasteiger partial charge in [0.15, 0.2) is 5.54 Å². The van der Waals surface area contributed by atoms with Gasteiger partial charge in [-0.25, -0.2) is 4.79 Å². The van der Waals surface area contributed by atoms with Gasteiger partial charge < -0.3 is 4.74 Å². The highest BCUT2D eigenvalue weighted by atomic mass is 127. The number of esters is 1. The van der Waals surface area contributed by atoms with Crippen molar-refractivity contribution in [2.45, 2.75) is 25.5 Å². The Balaban J connectivity index is 1.65. The van der Waals surface area contributed by atoms with Gasteiger partial charge in [-0.05, 0) is 52.8 Å². The normalized spacial score (nSPS) is 19.5. The second kappa shape index (κ2) is 6.20. The first-order valence-electron chi connectivity index (χ1n) is 7.13. The number of rotatable bonds is 5. The van der Waals surface area contributed by atoms with Crippen LogP contribution in [0.25, 0.3) is 0 Å². The highest BCUT2D eigenvalue weighted by molar-refractivity contribution is 14.1. The average molecular weight is 405 g/mol. The predicted molar refractivity (Wildman–Crippen MR) is 94.9 cm³/mol. The number of ether oxygens (including phenoxy) is 1. The molecule has 0 saturated heterocycles. The van der Waals surface area contributed by atoms with Crippen LogP contribution in [0.1, 0.15) is 18.1 Å². The Morgan fingerprint density at radius 1 is 1.09 bits per heavy atom. The van der Waals surface area contributed by atoms with Crippen molar-refractivity contribution < 1.29 is 9.53 Å². The molecule has 112 valence electrons. The lowest BCUT2D eigenvalue weighted by molar-refractivity contribution is -0.147. The fourth-order valence-electron chi connectivity index (χ4n) is 2.43. The Hall–Kier alpha value is -1.69. The number of carbonyl (C=O) groups is 1. The summed E-state index contributed by atoms with van der Waals surface area (Å²) in [4.78, 5) is 16.8. The number of hydrogen-bond acceptors (Lipinski definition) is 3. The molecule has 0 amide bonds.